The van der Waals surface area contributed by atoms with Gasteiger partial charge in [-0.1, -0.05) is 49.6 Å². The van der Waals surface area contributed by atoms with E-state index in [4.69, 9.17) is 14.5 Å². The van der Waals surface area contributed by atoms with Gasteiger partial charge in [-0.05, 0) is 44.2 Å². The molecule has 0 radical (unpaired) electrons. The van der Waals surface area contributed by atoms with E-state index >= 15 is 0 Å². The molecule has 160 valence electrons. The number of nitrogens with zero attached hydrogens (tertiary/aromatic N) is 1. The molecule has 2 heterocycles. The van der Waals surface area contributed by atoms with Crippen LogP contribution >= 0.6 is 0 Å². The van der Waals surface area contributed by atoms with Crippen molar-refractivity contribution in [3.05, 3.63) is 53.6 Å². The maximum atomic E-state index is 13.6. The van der Waals surface area contributed by atoms with Gasteiger partial charge in [-0.15, -0.1) is 0 Å². The Labute approximate surface area is 182 Å². The number of carbonyl (C=O) groups excluding carboxylic acids is 1. The Balaban J connectivity index is 1.60. The Kier molecular flexibility index (Phi) is 5.26. The first-order chi connectivity index (χ1) is 15.1. The monoisotopic (exact) mass is 416 g/mol. The first kappa shape index (κ1) is 19.9. The molecule has 0 unspecified atom stereocenters. The largest absolute Gasteiger partial charge is 0.454 e. The minimum atomic E-state index is -0.0426. The van der Waals surface area contributed by atoms with Gasteiger partial charge < -0.3 is 14.8 Å². The van der Waals surface area contributed by atoms with Crippen LogP contribution in [-0.4, -0.2) is 23.7 Å². The van der Waals surface area contributed by atoms with Gasteiger partial charge in [0, 0.05) is 23.1 Å². The number of pyridine rings is 1. The van der Waals surface area contributed by atoms with Gasteiger partial charge >= 0.3 is 0 Å². The van der Waals surface area contributed by atoms with Gasteiger partial charge in [0.05, 0.1) is 16.8 Å². The molecule has 1 aliphatic carbocycles. The lowest BCUT2D eigenvalue weighted by Gasteiger charge is -2.28. The van der Waals surface area contributed by atoms with E-state index in [1.807, 2.05) is 49.4 Å². The summed E-state index contributed by atoms with van der Waals surface area (Å²) in [6.45, 7) is 4.31. The lowest BCUT2D eigenvalue weighted by Crippen LogP contribution is -2.39. The molecule has 0 spiro atoms. The van der Waals surface area contributed by atoms with E-state index in [-0.39, 0.29) is 18.7 Å². The zero-order chi connectivity index (χ0) is 21.4. The predicted octanol–water partition coefficient (Wildman–Crippen LogP) is 5.64. The molecular formula is C26H28N2O3. The first-order valence-electron chi connectivity index (χ1n) is 11.2. The van der Waals surface area contributed by atoms with Crippen molar-refractivity contribution in [1.29, 1.82) is 0 Å². The fraction of sp³-hybridized carbons (Fsp3) is 0.385. The van der Waals surface area contributed by atoms with E-state index in [1.165, 1.54) is 32.1 Å². The quantitative estimate of drug-likeness (QED) is 0.598. The second kappa shape index (κ2) is 8.22. The molecule has 1 fully saturated rings. The van der Waals surface area contributed by atoms with Gasteiger partial charge in [0.2, 0.25) is 6.79 Å². The molecule has 31 heavy (non-hydrogen) atoms. The zero-order valence-corrected chi connectivity index (χ0v) is 18.1. The summed E-state index contributed by atoms with van der Waals surface area (Å²) in [4.78, 5) is 18.5. The van der Waals surface area contributed by atoms with Crippen molar-refractivity contribution in [2.45, 2.75) is 52.0 Å². The Bertz CT molecular complexity index is 1120. The topological polar surface area (TPSA) is 60.5 Å². The normalized spacial score (nSPS) is 17.0. The molecule has 5 nitrogen and oxygen atoms in total. The smallest absolute Gasteiger partial charge is 0.252 e. The Morgan fingerprint density at radius 1 is 1.06 bits per heavy atom. The van der Waals surface area contributed by atoms with Crippen LogP contribution in [0.1, 0.15) is 54.9 Å². The van der Waals surface area contributed by atoms with Crippen LogP contribution in [0, 0.1) is 12.8 Å². The number of carbonyl (C=O) groups is 1. The summed E-state index contributed by atoms with van der Waals surface area (Å²) < 4.78 is 11.2. The molecule has 1 amide bonds. The molecule has 1 aliphatic heterocycles. The summed E-state index contributed by atoms with van der Waals surface area (Å²) in [5.41, 5.74) is 4.11. The minimum absolute atomic E-state index is 0.0426. The van der Waals surface area contributed by atoms with Crippen LogP contribution in [-0.2, 0) is 0 Å². The van der Waals surface area contributed by atoms with Gasteiger partial charge in [-0.25, -0.2) is 4.98 Å². The fourth-order valence-corrected chi connectivity index (χ4v) is 4.95. The van der Waals surface area contributed by atoms with Crippen LogP contribution in [0.5, 0.6) is 11.5 Å². The van der Waals surface area contributed by atoms with E-state index in [0.717, 1.165) is 27.7 Å². The third-order valence-electron chi connectivity index (χ3n) is 6.71. The molecule has 5 heteroatoms. The predicted molar refractivity (Wildman–Crippen MR) is 122 cm³/mol. The van der Waals surface area contributed by atoms with E-state index in [0.29, 0.717) is 23.0 Å². The first-order valence-corrected chi connectivity index (χ1v) is 11.2. The molecule has 1 atom stereocenters. The van der Waals surface area contributed by atoms with Gasteiger partial charge in [-0.2, -0.15) is 0 Å². The number of hydrogen-bond donors (Lipinski definition) is 1. The average Bonchev–Trinajstić information content (AvgIpc) is 3.25. The van der Waals surface area contributed by atoms with E-state index < -0.39 is 0 Å². The summed E-state index contributed by atoms with van der Waals surface area (Å²) in [5, 5.41) is 4.11. The van der Waals surface area contributed by atoms with Gasteiger partial charge in [0.1, 0.15) is 0 Å². The molecule has 5 rings (SSSR count). The molecule has 1 aromatic heterocycles. The molecule has 3 aromatic rings. The van der Waals surface area contributed by atoms with Crippen molar-refractivity contribution in [3.8, 4) is 22.8 Å². The lowest BCUT2D eigenvalue weighted by molar-refractivity contribution is 0.0920. The van der Waals surface area contributed by atoms with Crippen LogP contribution in [0.2, 0.25) is 0 Å². The van der Waals surface area contributed by atoms with E-state index in [1.54, 1.807) is 0 Å². The summed E-state index contributed by atoms with van der Waals surface area (Å²) in [7, 11) is 0. The van der Waals surface area contributed by atoms with E-state index in [2.05, 4.69) is 12.2 Å². The third-order valence-corrected chi connectivity index (χ3v) is 6.71. The Morgan fingerprint density at radius 2 is 1.77 bits per heavy atom. The van der Waals surface area contributed by atoms with E-state index in [9.17, 15) is 4.79 Å². The number of ether oxygens (including phenoxy) is 2. The molecule has 0 saturated heterocycles. The van der Waals surface area contributed by atoms with Crippen LogP contribution in [0.15, 0.2) is 42.5 Å². The van der Waals surface area contributed by atoms with Crippen molar-refractivity contribution in [2.24, 2.45) is 5.92 Å². The zero-order valence-electron chi connectivity index (χ0n) is 18.1. The van der Waals surface area contributed by atoms with Crippen LogP contribution in [0.3, 0.4) is 0 Å². The second-order valence-electron chi connectivity index (χ2n) is 8.71. The Hall–Kier alpha value is -3.08. The van der Waals surface area contributed by atoms with Crippen molar-refractivity contribution in [3.63, 3.8) is 0 Å². The maximum Gasteiger partial charge on any atom is 0.252 e. The van der Waals surface area contributed by atoms with Gasteiger partial charge in [0.25, 0.3) is 5.91 Å². The number of amides is 1. The lowest BCUT2D eigenvalue weighted by atomic mass is 9.84. The number of nitrogens with one attached hydrogen (secondary N) is 1. The number of benzene rings is 2. The van der Waals surface area contributed by atoms with Crippen LogP contribution < -0.4 is 14.8 Å². The number of rotatable bonds is 4. The van der Waals surface area contributed by atoms with Crippen molar-refractivity contribution in [2.75, 3.05) is 6.79 Å². The summed E-state index contributed by atoms with van der Waals surface area (Å²) >= 11 is 0. The van der Waals surface area contributed by atoms with Crippen molar-refractivity contribution < 1.29 is 14.3 Å². The number of fused-ring (bicyclic) bond motifs is 2. The second-order valence-corrected chi connectivity index (χ2v) is 8.71. The summed E-state index contributed by atoms with van der Waals surface area (Å²) in [5.74, 6) is 1.83. The third kappa shape index (κ3) is 3.73. The van der Waals surface area contributed by atoms with Crippen molar-refractivity contribution >= 4 is 16.8 Å². The highest BCUT2D eigenvalue weighted by Gasteiger charge is 2.26. The molecule has 0 bridgehead atoms. The maximum absolute atomic E-state index is 13.6. The molecule has 1 saturated carbocycles. The summed E-state index contributed by atoms with van der Waals surface area (Å²) in [6.07, 6.45) is 6.18. The van der Waals surface area contributed by atoms with Crippen LogP contribution in [0.25, 0.3) is 22.2 Å². The highest BCUT2D eigenvalue weighted by Crippen LogP contribution is 2.39. The molecule has 2 aromatic carbocycles. The highest BCUT2D eigenvalue weighted by atomic mass is 16.7. The molecule has 1 N–H and O–H groups in total. The van der Waals surface area contributed by atoms with Crippen molar-refractivity contribution in [1.82, 2.24) is 10.3 Å². The number of hydrogen-bond acceptors (Lipinski definition) is 4. The molecular weight excluding hydrogens is 388 g/mol. The summed E-state index contributed by atoms with van der Waals surface area (Å²) in [6, 6.07) is 13.9. The standard InChI is InChI=1S/C26H28N2O3/c1-16-24(26(29)27-17(2)18-9-5-3-6-10-18)20-13-22-23(31-15-30-22)14-21(20)28-25(16)19-11-7-4-8-12-19/h4,7-8,11-14,17-18H,3,5-6,9-10,15H2,1-2H3,(H,27,29)/t17-/m0/s1. The number of aromatic nitrogens is 1. The fourth-order valence-electron chi connectivity index (χ4n) is 4.95. The average molecular weight is 417 g/mol. The van der Waals surface area contributed by atoms with Gasteiger partial charge in [-0.3, -0.25) is 4.79 Å². The minimum Gasteiger partial charge on any atom is -0.454 e. The SMILES string of the molecule is Cc1c(-c2ccccc2)nc2cc3c(cc2c1C(=O)N[C@@H](C)C1CCCCC1)OCO3. The molecule has 2 aliphatic rings. The Morgan fingerprint density at radius 3 is 2.52 bits per heavy atom. The van der Waals surface area contributed by atoms with Crippen LogP contribution in [0.4, 0.5) is 0 Å². The van der Waals surface area contributed by atoms with Gasteiger partial charge in [0.15, 0.2) is 11.5 Å². The highest BCUT2D eigenvalue weighted by molar-refractivity contribution is 6.09.